The molecule has 63 heavy (non-hydrogen) atoms. The number of hydrogen-bond donors (Lipinski definition) is 0. The summed E-state index contributed by atoms with van der Waals surface area (Å²) in [7, 11) is 0. The van der Waals surface area contributed by atoms with Crippen molar-refractivity contribution in [1.82, 2.24) is 19.9 Å². The minimum atomic E-state index is -2.41. The maximum atomic E-state index is 8.74. The Balaban J connectivity index is 1.06. The zero-order valence-electron chi connectivity index (χ0n) is 39.3. The number of pyridine rings is 4. The molecule has 0 atom stereocenters. The molecule has 0 aliphatic carbocycles. The second-order valence-electron chi connectivity index (χ2n) is 16.4. The summed E-state index contributed by atoms with van der Waals surface area (Å²) >= 11 is 0. The predicted molar refractivity (Wildman–Crippen MR) is 259 cm³/mol. The number of fused-ring (bicyclic) bond motifs is 3. The lowest BCUT2D eigenvalue weighted by molar-refractivity contribution is 0.653. The van der Waals surface area contributed by atoms with Gasteiger partial charge >= 0.3 is 0 Å². The predicted octanol–water partition coefficient (Wildman–Crippen LogP) is 14.5. The number of benzene rings is 5. The highest BCUT2D eigenvalue weighted by molar-refractivity contribution is 6.16. The summed E-state index contributed by atoms with van der Waals surface area (Å²) in [6.45, 7) is 1.30. The summed E-state index contributed by atoms with van der Waals surface area (Å²) in [5.41, 5.74) is 16.2. The van der Waals surface area contributed by atoms with Crippen LogP contribution in [0.5, 0.6) is 0 Å². The Labute approximate surface area is 374 Å². The van der Waals surface area contributed by atoms with E-state index in [2.05, 4.69) is 112 Å². The van der Waals surface area contributed by atoms with Crippen LogP contribution >= 0.6 is 0 Å². The van der Waals surface area contributed by atoms with E-state index in [0.29, 0.717) is 16.7 Å². The van der Waals surface area contributed by atoms with Crippen molar-refractivity contribution >= 4 is 22.1 Å². The first-order valence-electron chi connectivity index (χ1n) is 23.5. The monoisotopic (exact) mass is 820 g/mol. The van der Waals surface area contributed by atoms with E-state index in [4.69, 9.17) is 14.9 Å². The Kier molecular flexibility index (Phi) is 9.74. The van der Waals surface area contributed by atoms with E-state index in [1.54, 1.807) is 12.3 Å². The van der Waals surface area contributed by atoms with E-state index in [1.807, 2.05) is 86.9 Å². The van der Waals surface area contributed by atoms with E-state index in [1.165, 1.54) is 22.3 Å². The zero-order chi connectivity index (χ0) is 46.1. The summed E-state index contributed by atoms with van der Waals surface area (Å²) < 4.78 is 39.7. The second-order valence-corrected chi connectivity index (χ2v) is 16.4. The van der Waals surface area contributed by atoms with Gasteiger partial charge in [0.1, 0.15) is 5.58 Å². The Morgan fingerprint density at radius 2 is 1.08 bits per heavy atom. The van der Waals surface area contributed by atoms with Gasteiger partial charge in [0, 0.05) is 57.2 Å². The van der Waals surface area contributed by atoms with Gasteiger partial charge in [0.25, 0.3) is 0 Å². The first-order valence-corrected chi connectivity index (χ1v) is 21.5. The van der Waals surface area contributed by atoms with Gasteiger partial charge in [0.05, 0.1) is 17.1 Å². The molecule has 0 bridgehead atoms. The van der Waals surface area contributed by atoms with E-state index >= 15 is 0 Å². The van der Waals surface area contributed by atoms with Crippen molar-refractivity contribution in [2.75, 3.05) is 0 Å². The van der Waals surface area contributed by atoms with Gasteiger partial charge in [-0.3, -0.25) is 15.0 Å². The molecule has 0 spiro atoms. The number of rotatable bonds is 12. The normalized spacial score (nSPS) is 12.8. The van der Waals surface area contributed by atoms with Crippen LogP contribution in [-0.2, 0) is 25.7 Å². The summed E-state index contributed by atoms with van der Waals surface area (Å²) in [6, 6.07) is 56.2. The van der Waals surface area contributed by atoms with Gasteiger partial charge in [-0.25, -0.2) is 4.98 Å². The molecule has 5 heteroatoms. The third kappa shape index (κ3) is 8.43. The van der Waals surface area contributed by atoms with Crippen LogP contribution in [0.3, 0.4) is 0 Å². The average Bonchev–Trinajstić information content (AvgIpc) is 3.74. The van der Waals surface area contributed by atoms with Crippen molar-refractivity contribution in [3.8, 4) is 56.0 Å². The molecule has 0 N–H and O–H groups in total. The van der Waals surface area contributed by atoms with Gasteiger partial charge in [-0.2, -0.15) is 0 Å². The summed E-state index contributed by atoms with van der Waals surface area (Å²) in [6.07, 6.45) is 8.84. The van der Waals surface area contributed by atoms with Crippen molar-refractivity contribution in [1.29, 1.82) is 0 Å². The molecule has 10 rings (SSSR count). The van der Waals surface area contributed by atoms with Crippen LogP contribution in [0.2, 0.25) is 0 Å². The Hall–Kier alpha value is -7.50. The Morgan fingerprint density at radius 3 is 1.68 bits per heavy atom. The molecule has 0 unspecified atom stereocenters. The van der Waals surface area contributed by atoms with Gasteiger partial charge in [0.2, 0.25) is 5.71 Å². The van der Waals surface area contributed by atoms with Crippen molar-refractivity contribution in [2.45, 2.75) is 52.3 Å². The Morgan fingerprint density at radius 1 is 0.492 bits per heavy atom. The fourth-order valence-corrected chi connectivity index (χ4v) is 8.58. The largest absolute Gasteiger partial charge is 0.437 e. The van der Waals surface area contributed by atoms with Gasteiger partial charge in [-0.05, 0) is 143 Å². The molecule has 0 aliphatic rings. The molecule has 10 aromatic rings. The maximum Gasteiger partial charge on any atom is 0.227 e. The first-order chi connectivity index (χ1) is 32.4. The van der Waals surface area contributed by atoms with Crippen LogP contribution in [-0.4, -0.2) is 19.9 Å². The zero-order valence-corrected chi connectivity index (χ0v) is 35.3. The minimum absolute atomic E-state index is 0.0312. The average molecular weight is 821 g/mol. The summed E-state index contributed by atoms with van der Waals surface area (Å²) in [4.78, 5) is 18.4. The molecular weight excluding hydrogens is 769 g/mol. The smallest absolute Gasteiger partial charge is 0.227 e. The van der Waals surface area contributed by atoms with E-state index in [0.717, 1.165) is 87.0 Å². The third-order valence-electron chi connectivity index (χ3n) is 11.9. The number of aryl methyl sites for hydroxylation is 5. The van der Waals surface area contributed by atoms with Crippen LogP contribution in [0.4, 0.5) is 0 Å². The molecule has 0 saturated heterocycles. The van der Waals surface area contributed by atoms with Crippen LogP contribution in [0, 0.1) is 6.85 Å². The highest BCUT2D eigenvalue weighted by atomic mass is 16.3. The number of nitrogens with zero attached hydrogens (tertiary/aromatic N) is 4. The number of aromatic nitrogens is 4. The molecule has 5 heterocycles. The highest BCUT2D eigenvalue weighted by Gasteiger charge is 2.21. The fraction of sp³-hybridized carbons (Fsp3) is 0.138. The second kappa shape index (κ2) is 17.5. The van der Waals surface area contributed by atoms with E-state index in [9.17, 15) is 0 Å². The number of furan rings is 1. The van der Waals surface area contributed by atoms with E-state index < -0.39 is 12.7 Å². The lowest BCUT2D eigenvalue weighted by atomic mass is 9.88. The van der Waals surface area contributed by atoms with Crippen molar-refractivity contribution in [2.24, 2.45) is 0 Å². The minimum Gasteiger partial charge on any atom is -0.437 e. The van der Waals surface area contributed by atoms with Crippen LogP contribution in [0.1, 0.15) is 58.7 Å². The van der Waals surface area contributed by atoms with Gasteiger partial charge in [-0.1, -0.05) is 123 Å². The molecule has 0 amide bonds. The van der Waals surface area contributed by atoms with Crippen LogP contribution in [0.25, 0.3) is 78.1 Å². The van der Waals surface area contributed by atoms with Crippen LogP contribution in [0.15, 0.2) is 187 Å². The molecule has 0 fully saturated rings. The van der Waals surface area contributed by atoms with Crippen molar-refractivity contribution in [3.05, 3.63) is 216 Å². The van der Waals surface area contributed by atoms with Gasteiger partial charge in [0.15, 0.2) is 0 Å². The molecule has 5 nitrogen and oxygen atoms in total. The molecule has 0 aliphatic heterocycles. The third-order valence-corrected chi connectivity index (χ3v) is 11.9. The molecule has 5 aromatic heterocycles. The van der Waals surface area contributed by atoms with E-state index in [-0.39, 0.29) is 11.4 Å². The van der Waals surface area contributed by atoms with Crippen molar-refractivity contribution < 1.29 is 9.90 Å². The topological polar surface area (TPSA) is 64.7 Å². The highest BCUT2D eigenvalue weighted by Crippen LogP contribution is 2.44. The van der Waals surface area contributed by atoms with Gasteiger partial charge in [-0.15, -0.1) is 0 Å². The lowest BCUT2D eigenvalue weighted by Crippen LogP contribution is -1.98. The molecule has 0 saturated carbocycles. The molecule has 306 valence electrons. The molecule has 5 aromatic carbocycles. The quantitative estimate of drug-likeness (QED) is 0.123. The fourth-order valence-electron chi connectivity index (χ4n) is 8.58. The Bertz CT molecular complexity index is 3260. The first kappa shape index (κ1) is 35.1. The number of hydrogen-bond acceptors (Lipinski definition) is 5. The maximum absolute atomic E-state index is 8.74. The lowest BCUT2D eigenvalue weighted by Gasteiger charge is -2.16. The summed E-state index contributed by atoms with van der Waals surface area (Å²) in [5.74, 6) is -0.845. The molecular formula is C58H48N4O. The van der Waals surface area contributed by atoms with Crippen molar-refractivity contribution in [3.63, 3.8) is 0 Å². The summed E-state index contributed by atoms with van der Waals surface area (Å²) in [5, 5.41) is 1.53. The molecule has 0 radical (unpaired) electrons. The standard InChI is InChI=1S/C58H48N4O/c1-38(2)46-30-33-61-55(37-46)51-29-28-50(56-52-27-14-39(3)62-58(52)63-57(51)56)49-11-5-4-10-48(49)47-35-42(17-15-40-19-23-44(24-20-40)53-12-6-8-31-59-53)34-43(36-47)18-16-41-21-25-45(26-22-41)54-13-7-9-32-60-54/h4-14,19-38H,15-18H2,1-3H3/i3D3,38D. The van der Waals surface area contributed by atoms with Crippen LogP contribution < -0.4 is 0 Å². The SMILES string of the molecule is [2H]C([2H])([2H])c1ccc2c(n1)oc1c(-c3cc(C([2H])(C)C)ccn3)ccc(-c3ccccc3-c3cc(CCc4ccc(-c5ccccn5)cc4)cc(CCc4ccc(-c5ccccn5)cc4)c3)c12. The van der Waals surface area contributed by atoms with Gasteiger partial charge < -0.3 is 4.42 Å².